The third-order valence-electron chi connectivity index (χ3n) is 0.274. The number of hydrogen-bond acceptors (Lipinski definition) is 19. The molecule has 0 saturated heterocycles. The molecule has 0 rings (SSSR count). The molecule has 25 heteroatoms. The fourth-order valence-electron chi connectivity index (χ4n) is 0.184. The Labute approximate surface area is 142 Å². The lowest BCUT2D eigenvalue weighted by atomic mass is 15.3. The van der Waals surface area contributed by atoms with Crippen LogP contribution in [0.25, 0.3) is 0 Å². The molecule has 16 N–H and O–H groups in total. The highest BCUT2D eigenvalue weighted by Crippen LogP contribution is 1.95. The lowest BCUT2D eigenvalue weighted by Crippen LogP contribution is -2.53. The lowest BCUT2D eigenvalue weighted by molar-refractivity contribution is 0.0404. The Bertz CT molecular complexity index is 254. The Hall–Kier alpha value is -0.356. The zero-order valence-corrected chi connectivity index (χ0v) is 16.3. The van der Waals surface area contributed by atoms with E-state index in [0.29, 0.717) is 0 Å². The molecular weight excluding hydrogens is 460 g/mol. The van der Waals surface area contributed by atoms with Crippen LogP contribution in [-0.2, 0) is 13.0 Å². The summed E-state index contributed by atoms with van der Waals surface area (Å²) in [5.41, 5.74) is 0. The van der Waals surface area contributed by atoms with Crippen molar-refractivity contribution < 1.29 is 85.7 Å². The first kappa shape index (κ1) is 39.6. The molecule has 0 atom stereocenters. The first-order valence-electron chi connectivity index (χ1n) is 4.11. The van der Waals surface area contributed by atoms with Crippen molar-refractivity contribution in [1.82, 2.24) is 0 Å². The second-order valence-electron chi connectivity index (χ2n) is 2.53. The van der Waals surface area contributed by atoms with E-state index >= 15 is 0 Å². The Morgan fingerprint density at radius 1 is 0.520 bits per heavy atom. The van der Waals surface area contributed by atoms with Crippen LogP contribution in [0.15, 0.2) is 0 Å². The van der Waals surface area contributed by atoms with E-state index in [2.05, 4.69) is 4.12 Å². The standard InChI is InChI=1S/H6O7Si2.2H4O4Si.O2Si.O2.H2O/c1-8(2,3)7-9(4,5)6;2*1-5(2,3)4;1-3-2;1-2;/h1-6H;2*1-4H;;;1H2. The fraction of sp³-hybridized carbons (Fsp3) is 0. The Balaban J connectivity index is -0.0000000491. The van der Waals surface area contributed by atoms with E-state index in [1.54, 1.807) is 0 Å². The highest BCUT2D eigenvalue weighted by atomic mass is 28.5. The number of hydrogen-bond donors (Lipinski definition) is 14. The van der Waals surface area contributed by atoms with Gasteiger partial charge in [-0.2, -0.15) is 0 Å². The van der Waals surface area contributed by atoms with Gasteiger partial charge in [0, 0.05) is 9.93 Å². The Kier molecular flexibility index (Phi) is 29.2. The average molecular weight is 477 g/mol. The maximum absolute atomic E-state index is 8.40. The van der Waals surface area contributed by atoms with Gasteiger partial charge in [0.15, 0.2) is 0 Å². The summed E-state index contributed by atoms with van der Waals surface area (Å²) in [4.78, 5) is 120. The zero-order chi connectivity index (χ0) is 21.4. The smallest absolute Gasteiger partial charge is 0.412 e. The maximum atomic E-state index is 8.40. The molecule has 0 heterocycles. The van der Waals surface area contributed by atoms with Gasteiger partial charge in [-0.1, -0.05) is 0 Å². The van der Waals surface area contributed by atoms with Crippen LogP contribution in [0.4, 0.5) is 0 Å². The van der Waals surface area contributed by atoms with Crippen molar-refractivity contribution >= 4 is 45.5 Å². The van der Waals surface area contributed by atoms with E-state index in [0.717, 1.165) is 0 Å². The first-order valence-corrected chi connectivity index (χ1v) is 12.0. The molecule has 0 aromatic heterocycles. The van der Waals surface area contributed by atoms with Gasteiger partial charge in [0.2, 0.25) is 0 Å². The monoisotopic (exact) mass is 476 g/mol. The summed E-state index contributed by atoms with van der Waals surface area (Å²) in [6, 6.07) is 0. The molecule has 0 aliphatic carbocycles. The summed E-state index contributed by atoms with van der Waals surface area (Å²) >= 11 is 0. The minimum absolute atomic E-state index is 0. The van der Waals surface area contributed by atoms with Crippen molar-refractivity contribution in [2.75, 3.05) is 0 Å². The Morgan fingerprint density at radius 2 is 0.600 bits per heavy atom. The van der Waals surface area contributed by atoms with Crippen LogP contribution >= 0.6 is 0 Å². The molecular formula is H16O20Si5. The summed E-state index contributed by atoms with van der Waals surface area (Å²) in [6.45, 7) is 0. The highest BCUT2D eigenvalue weighted by Gasteiger charge is 2.45. The van der Waals surface area contributed by atoms with Crippen LogP contribution in [-0.4, -0.2) is 118 Å². The topological polar surface area (TPSA) is 392 Å². The molecule has 0 aliphatic heterocycles. The van der Waals surface area contributed by atoms with Gasteiger partial charge in [0.1, 0.15) is 0 Å². The molecule has 156 valence electrons. The van der Waals surface area contributed by atoms with Gasteiger partial charge in [-0.15, -0.1) is 0 Å². The Morgan fingerprint density at radius 3 is 0.600 bits per heavy atom. The second-order valence-corrected chi connectivity index (χ2v) is 8.21. The number of rotatable bonds is 2. The van der Waals surface area contributed by atoms with Crippen molar-refractivity contribution in [2.24, 2.45) is 0 Å². The quantitative estimate of drug-likeness (QED) is 0.164. The van der Waals surface area contributed by atoms with Crippen LogP contribution in [0, 0.1) is 9.93 Å². The van der Waals surface area contributed by atoms with Gasteiger partial charge >= 0.3 is 45.5 Å². The summed E-state index contributed by atoms with van der Waals surface area (Å²) < 4.78 is 20.0. The molecule has 0 radical (unpaired) electrons. The summed E-state index contributed by atoms with van der Waals surface area (Å²) in [5, 5.41) is 0. The van der Waals surface area contributed by atoms with Crippen molar-refractivity contribution in [3.05, 3.63) is 9.93 Å². The molecule has 0 amide bonds. The molecule has 0 aromatic rings. The van der Waals surface area contributed by atoms with Crippen LogP contribution in [0.1, 0.15) is 0 Å². The van der Waals surface area contributed by atoms with Gasteiger partial charge in [-0.25, -0.2) is 0 Å². The molecule has 0 saturated carbocycles. The largest absolute Gasteiger partial charge is 0.668 e. The van der Waals surface area contributed by atoms with Gasteiger partial charge in [0.25, 0.3) is 0 Å². The van der Waals surface area contributed by atoms with E-state index in [-0.39, 0.29) is 5.48 Å². The predicted octanol–water partition coefficient (Wildman–Crippen LogP) is -10.8. The van der Waals surface area contributed by atoms with Gasteiger partial charge in [-0.05, 0) is 0 Å². The van der Waals surface area contributed by atoms with Crippen LogP contribution in [0.5, 0.6) is 0 Å². The average Bonchev–Trinajstić information content (AvgIpc) is 2.09. The lowest BCUT2D eigenvalue weighted by Gasteiger charge is -2.13. The minimum Gasteiger partial charge on any atom is -0.412 e. The van der Waals surface area contributed by atoms with Crippen molar-refractivity contribution in [3.8, 4) is 0 Å². The molecule has 20 nitrogen and oxygen atoms in total. The fourth-order valence-corrected chi connectivity index (χ4v) is 1.65. The van der Waals surface area contributed by atoms with Crippen molar-refractivity contribution in [2.45, 2.75) is 0 Å². The van der Waals surface area contributed by atoms with E-state index in [9.17, 15) is 0 Å². The van der Waals surface area contributed by atoms with Gasteiger partial charge in [0.05, 0.1) is 0 Å². The third-order valence-corrected chi connectivity index (χ3v) is 2.46. The van der Waals surface area contributed by atoms with E-state index in [4.69, 9.17) is 86.0 Å². The maximum Gasteiger partial charge on any atom is 0.668 e. The predicted molar refractivity (Wildman–Crippen MR) is 72.6 cm³/mol. The SMILES string of the molecule is O.O=O.O=[Si]=O.O[Si](O)(O)O.O[Si](O)(O)O.O[Si](O)(O)O[Si](O)(O)O. The van der Waals surface area contributed by atoms with E-state index < -0.39 is 45.5 Å². The summed E-state index contributed by atoms with van der Waals surface area (Å²) in [6.07, 6.45) is 0. The normalized spacial score (nSPS) is 10.3. The van der Waals surface area contributed by atoms with E-state index in [1.807, 2.05) is 0 Å². The van der Waals surface area contributed by atoms with Crippen LogP contribution in [0.3, 0.4) is 0 Å². The molecule has 0 aliphatic rings. The van der Waals surface area contributed by atoms with Gasteiger partial charge in [-0.3, -0.25) is 8.92 Å². The van der Waals surface area contributed by atoms with Gasteiger partial charge < -0.3 is 76.7 Å². The van der Waals surface area contributed by atoms with Crippen molar-refractivity contribution in [3.63, 3.8) is 0 Å². The minimum atomic E-state index is -4.98. The van der Waals surface area contributed by atoms with Crippen LogP contribution < -0.4 is 0 Å². The van der Waals surface area contributed by atoms with E-state index in [1.165, 1.54) is 0 Å². The molecule has 25 heavy (non-hydrogen) atoms. The van der Waals surface area contributed by atoms with Crippen molar-refractivity contribution in [1.29, 1.82) is 0 Å². The third kappa shape index (κ3) is 348. The molecule has 0 spiro atoms. The molecule has 0 unspecified atom stereocenters. The van der Waals surface area contributed by atoms with Crippen LogP contribution in [0.2, 0.25) is 0 Å². The second kappa shape index (κ2) is 18.4. The molecule has 0 bridgehead atoms. The summed E-state index contributed by atoms with van der Waals surface area (Å²) in [7, 11) is -20.6. The summed E-state index contributed by atoms with van der Waals surface area (Å²) in [5.74, 6) is 0. The highest BCUT2D eigenvalue weighted by molar-refractivity contribution is 6.63. The zero-order valence-electron chi connectivity index (χ0n) is 11.3. The first-order chi connectivity index (χ1) is 10.1. The molecule has 0 fully saturated rings. The molecule has 0 aromatic carbocycles.